The van der Waals surface area contributed by atoms with Gasteiger partial charge in [-0.25, -0.2) is 4.98 Å². The van der Waals surface area contributed by atoms with Crippen molar-refractivity contribution in [3.8, 4) is 0 Å². The molecule has 3 aromatic rings. The Balaban J connectivity index is 1.70. The monoisotopic (exact) mass is 350 g/mol. The van der Waals surface area contributed by atoms with Gasteiger partial charge in [0.05, 0.1) is 16.3 Å². The number of rotatable bonds is 2. The Morgan fingerprint density at radius 2 is 2.00 bits per heavy atom. The largest absolute Gasteiger partial charge is 0.329 e. The van der Waals surface area contributed by atoms with Crippen molar-refractivity contribution in [3.05, 3.63) is 64.2 Å². The number of carbonyl (C=O) groups excluding carboxylic acids is 1. The molecule has 1 amide bonds. The summed E-state index contributed by atoms with van der Waals surface area (Å²) in [4.78, 5) is 20.1. The number of para-hydroxylation sites is 1. The first-order valence-corrected chi connectivity index (χ1v) is 9.69. The van der Waals surface area contributed by atoms with Gasteiger partial charge in [-0.05, 0) is 56.9 Å². The number of fused-ring (bicyclic) bond motifs is 1. The molecule has 1 fully saturated rings. The highest BCUT2D eigenvalue weighted by Gasteiger charge is 2.31. The molecule has 128 valence electrons. The molecule has 1 aliphatic heterocycles. The topological polar surface area (TPSA) is 33.2 Å². The highest BCUT2D eigenvalue weighted by atomic mass is 32.1. The summed E-state index contributed by atoms with van der Waals surface area (Å²) >= 11 is 1.72. The van der Waals surface area contributed by atoms with Crippen molar-refractivity contribution < 1.29 is 4.79 Å². The lowest BCUT2D eigenvalue weighted by Gasteiger charge is -2.35. The Hall–Kier alpha value is -2.20. The quantitative estimate of drug-likeness (QED) is 0.630. The van der Waals surface area contributed by atoms with Crippen LogP contribution in [0.15, 0.2) is 42.5 Å². The van der Waals surface area contributed by atoms with Crippen LogP contribution in [0.2, 0.25) is 0 Å². The lowest BCUT2D eigenvalue weighted by molar-refractivity contribution is 0.0610. The third-order valence-electron chi connectivity index (χ3n) is 4.97. The van der Waals surface area contributed by atoms with Gasteiger partial charge in [0, 0.05) is 12.1 Å². The van der Waals surface area contributed by atoms with Crippen LogP contribution in [-0.4, -0.2) is 22.3 Å². The standard InChI is InChI=1S/C21H22N2OS/c1-14-10-11-16(15(2)13-14)21(24)23-12-6-5-8-18(23)20-22-17-7-3-4-9-19(17)25-20/h3-4,7,9-11,13,18H,5-6,8,12H2,1-2H3. The van der Waals surface area contributed by atoms with E-state index in [4.69, 9.17) is 4.98 Å². The predicted octanol–water partition coefficient (Wildman–Crippen LogP) is 5.28. The van der Waals surface area contributed by atoms with Gasteiger partial charge in [-0.1, -0.05) is 29.8 Å². The van der Waals surface area contributed by atoms with Gasteiger partial charge in [0.25, 0.3) is 5.91 Å². The maximum absolute atomic E-state index is 13.2. The summed E-state index contributed by atoms with van der Waals surface area (Å²) in [7, 11) is 0. The SMILES string of the molecule is Cc1ccc(C(=O)N2CCCCC2c2nc3ccccc3s2)c(C)c1. The maximum atomic E-state index is 13.2. The minimum absolute atomic E-state index is 0.0966. The van der Waals surface area contributed by atoms with Crippen molar-refractivity contribution in [2.75, 3.05) is 6.54 Å². The van der Waals surface area contributed by atoms with E-state index in [0.717, 1.165) is 47.5 Å². The van der Waals surface area contributed by atoms with Gasteiger partial charge in [0.1, 0.15) is 5.01 Å². The van der Waals surface area contributed by atoms with E-state index in [9.17, 15) is 4.79 Å². The molecule has 0 saturated carbocycles. The highest BCUT2D eigenvalue weighted by Crippen LogP contribution is 2.36. The van der Waals surface area contributed by atoms with Crippen molar-refractivity contribution in [2.45, 2.75) is 39.2 Å². The number of hydrogen-bond donors (Lipinski definition) is 0. The predicted molar refractivity (Wildman–Crippen MR) is 103 cm³/mol. The van der Waals surface area contributed by atoms with Gasteiger partial charge in [-0.15, -0.1) is 11.3 Å². The van der Waals surface area contributed by atoms with E-state index in [-0.39, 0.29) is 11.9 Å². The molecule has 3 nitrogen and oxygen atoms in total. The molecule has 0 bridgehead atoms. The molecule has 1 atom stereocenters. The van der Waals surface area contributed by atoms with Crippen LogP contribution in [-0.2, 0) is 0 Å². The zero-order valence-electron chi connectivity index (χ0n) is 14.7. The Morgan fingerprint density at radius 1 is 1.16 bits per heavy atom. The number of hydrogen-bond acceptors (Lipinski definition) is 3. The number of aromatic nitrogens is 1. The molecular formula is C21H22N2OS. The van der Waals surface area contributed by atoms with E-state index in [0.29, 0.717) is 0 Å². The van der Waals surface area contributed by atoms with Gasteiger partial charge in [0.2, 0.25) is 0 Å². The fourth-order valence-electron chi connectivity index (χ4n) is 3.67. The van der Waals surface area contributed by atoms with Gasteiger partial charge >= 0.3 is 0 Å². The Kier molecular flexibility index (Phi) is 4.30. The second-order valence-corrected chi connectivity index (χ2v) is 7.91. The summed E-state index contributed by atoms with van der Waals surface area (Å²) < 4.78 is 1.20. The first-order chi connectivity index (χ1) is 12.1. The lowest BCUT2D eigenvalue weighted by Crippen LogP contribution is -2.38. The van der Waals surface area contributed by atoms with E-state index in [2.05, 4.69) is 25.1 Å². The number of thiazole rings is 1. The molecule has 2 aromatic carbocycles. The van der Waals surface area contributed by atoms with E-state index < -0.39 is 0 Å². The van der Waals surface area contributed by atoms with Gasteiger partial charge in [0.15, 0.2) is 0 Å². The summed E-state index contributed by atoms with van der Waals surface area (Å²) in [6, 6.07) is 14.4. The molecule has 0 radical (unpaired) electrons. The number of piperidine rings is 1. The zero-order valence-corrected chi connectivity index (χ0v) is 15.5. The molecule has 4 heteroatoms. The molecule has 25 heavy (non-hydrogen) atoms. The smallest absolute Gasteiger partial charge is 0.254 e. The van der Waals surface area contributed by atoms with E-state index in [1.165, 1.54) is 10.3 Å². The maximum Gasteiger partial charge on any atom is 0.254 e. The van der Waals surface area contributed by atoms with Gasteiger partial charge in [-0.3, -0.25) is 4.79 Å². The summed E-state index contributed by atoms with van der Waals surface area (Å²) in [5, 5.41) is 1.07. The van der Waals surface area contributed by atoms with Crippen molar-refractivity contribution in [1.82, 2.24) is 9.88 Å². The molecule has 1 aromatic heterocycles. The normalized spacial score (nSPS) is 17.8. The van der Waals surface area contributed by atoms with Crippen molar-refractivity contribution in [1.29, 1.82) is 0 Å². The fraction of sp³-hybridized carbons (Fsp3) is 0.333. The Labute approximate surface area is 152 Å². The van der Waals surface area contributed by atoms with Gasteiger partial charge < -0.3 is 4.90 Å². The number of nitrogens with zero attached hydrogens (tertiary/aromatic N) is 2. The first kappa shape index (κ1) is 16.3. The Bertz CT molecular complexity index is 898. The average molecular weight is 350 g/mol. The second kappa shape index (κ2) is 6.60. The molecule has 0 spiro atoms. The molecule has 1 saturated heterocycles. The minimum atomic E-state index is 0.0966. The summed E-state index contributed by atoms with van der Waals surface area (Å²) in [5.74, 6) is 0.140. The minimum Gasteiger partial charge on any atom is -0.329 e. The summed E-state index contributed by atoms with van der Waals surface area (Å²) in [5.41, 5.74) is 4.10. The molecule has 1 unspecified atom stereocenters. The molecule has 2 heterocycles. The lowest BCUT2D eigenvalue weighted by atomic mass is 9.99. The first-order valence-electron chi connectivity index (χ1n) is 8.87. The molecule has 1 aliphatic rings. The van der Waals surface area contributed by atoms with Crippen LogP contribution in [0.5, 0.6) is 0 Å². The number of carbonyl (C=O) groups is 1. The van der Waals surface area contributed by atoms with Crippen LogP contribution in [0, 0.1) is 13.8 Å². The third kappa shape index (κ3) is 3.07. The molecule has 0 aliphatic carbocycles. The zero-order chi connectivity index (χ0) is 17.4. The third-order valence-corrected chi connectivity index (χ3v) is 6.11. The molecule has 4 rings (SSSR count). The van der Waals surface area contributed by atoms with E-state index >= 15 is 0 Å². The van der Waals surface area contributed by atoms with Crippen LogP contribution in [0.4, 0.5) is 0 Å². The van der Waals surface area contributed by atoms with Crippen molar-refractivity contribution >= 4 is 27.5 Å². The van der Waals surface area contributed by atoms with Crippen LogP contribution >= 0.6 is 11.3 Å². The summed E-state index contributed by atoms with van der Waals surface area (Å²) in [6.07, 6.45) is 3.21. The number of benzene rings is 2. The summed E-state index contributed by atoms with van der Waals surface area (Å²) in [6.45, 7) is 4.90. The van der Waals surface area contributed by atoms with Gasteiger partial charge in [-0.2, -0.15) is 0 Å². The second-order valence-electron chi connectivity index (χ2n) is 6.85. The fourth-order valence-corrected chi connectivity index (χ4v) is 4.79. The number of amides is 1. The Morgan fingerprint density at radius 3 is 2.80 bits per heavy atom. The molecular weight excluding hydrogens is 328 g/mol. The number of aryl methyl sites for hydroxylation is 2. The van der Waals surface area contributed by atoms with Crippen LogP contribution in [0.25, 0.3) is 10.2 Å². The highest BCUT2D eigenvalue weighted by molar-refractivity contribution is 7.18. The van der Waals surface area contributed by atoms with Crippen molar-refractivity contribution in [2.24, 2.45) is 0 Å². The van der Waals surface area contributed by atoms with E-state index in [1.807, 2.05) is 36.1 Å². The number of likely N-dealkylation sites (tertiary alicyclic amines) is 1. The molecule has 0 N–H and O–H groups in total. The average Bonchev–Trinajstić information content (AvgIpc) is 3.05. The van der Waals surface area contributed by atoms with Crippen LogP contribution in [0.3, 0.4) is 0 Å². The van der Waals surface area contributed by atoms with Crippen LogP contribution in [0.1, 0.15) is 51.8 Å². The van der Waals surface area contributed by atoms with Crippen LogP contribution < -0.4 is 0 Å². The van der Waals surface area contributed by atoms with E-state index in [1.54, 1.807) is 11.3 Å². The van der Waals surface area contributed by atoms with Crippen molar-refractivity contribution in [3.63, 3.8) is 0 Å².